The zero-order valence-electron chi connectivity index (χ0n) is 16.4. The normalized spacial score (nSPS) is 28.6. The number of amides is 2. The van der Waals surface area contributed by atoms with Gasteiger partial charge in [0.1, 0.15) is 23.8 Å². The minimum absolute atomic E-state index is 0.0692. The second-order valence-corrected chi connectivity index (χ2v) is 7.94. The number of hydrogen-bond donors (Lipinski definition) is 2. The van der Waals surface area contributed by atoms with Crippen LogP contribution >= 0.6 is 0 Å². The standard InChI is InChI=1S/C18H24N4O6/c1-9(23)21-13-12(22-16(25)28-17(3,4)5)6-11(14-15(13)26-14)18(7-19,8-20)27-10(2)24/h11-15H,6H2,1-5H3,(H,21,23)(H,22,25)/t11-,12-,13+,14-,15+/m0/s1. The molecule has 10 heteroatoms. The molecule has 1 heterocycles. The Kier molecular flexibility index (Phi) is 5.86. The number of ether oxygens (including phenoxy) is 3. The van der Waals surface area contributed by atoms with Crippen molar-refractivity contribution in [3.63, 3.8) is 0 Å². The molecule has 0 bridgehead atoms. The lowest BCUT2D eigenvalue weighted by molar-refractivity contribution is -0.152. The molecule has 2 amide bonds. The molecule has 5 atom stereocenters. The molecule has 0 unspecified atom stereocenters. The third kappa shape index (κ3) is 4.70. The van der Waals surface area contributed by atoms with Crippen LogP contribution in [0.2, 0.25) is 0 Å². The van der Waals surface area contributed by atoms with Gasteiger partial charge in [0.15, 0.2) is 0 Å². The number of fused-ring (bicyclic) bond motifs is 1. The molecule has 1 aliphatic heterocycles. The van der Waals surface area contributed by atoms with Gasteiger partial charge in [0.2, 0.25) is 5.91 Å². The maximum Gasteiger partial charge on any atom is 0.407 e. The molecule has 0 aromatic rings. The Balaban J connectivity index is 2.28. The number of alkyl carbamates (subject to hydrolysis) is 1. The van der Waals surface area contributed by atoms with Crippen molar-refractivity contribution in [2.45, 2.75) is 76.5 Å². The molecule has 1 saturated heterocycles. The number of nitrogens with zero attached hydrogens (tertiary/aromatic N) is 2. The van der Waals surface area contributed by atoms with Gasteiger partial charge in [-0.2, -0.15) is 10.5 Å². The van der Waals surface area contributed by atoms with E-state index >= 15 is 0 Å². The van der Waals surface area contributed by atoms with Gasteiger partial charge >= 0.3 is 12.1 Å². The highest BCUT2D eigenvalue weighted by Gasteiger charge is 2.64. The maximum atomic E-state index is 12.2. The second-order valence-electron chi connectivity index (χ2n) is 7.94. The summed E-state index contributed by atoms with van der Waals surface area (Å²) < 4.78 is 15.9. The van der Waals surface area contributed by atoms with Crippen LogP contribution in [0.15, 0.2) is 0 Å². The molecule has 10 nitrogen and oxygen atoms in total. The average Bonchev–Trinajstić information content (AvgIpc) is 3.33. The number of hydrogen-bond acceptors (Lipinski definition) is 8. The van der Waals surface area contributed by atoms with Crippen LogP contribution in [0.5, 0.6) is 0 Å². The monoisotopic (exact) mass is 392 g/mol. The zero-order chi connectivity index (χ0) is 21.3. The van der Waals surface area contributed by atoms with Gasteiger partial charge in [-0.15, -0.1) is 0 Å². The molecule has 1 saturated carbocycles. The van der Waals surface area contributed by atoms with Gasteiger partial charge in [-0.05, 0) is 27.2 Å². The molecule has 28 heavy (non-hydrogen) atoms. The van der Waals surface area contributed by atoms with Crippen molar-refractivity contribution in [1.82, 2.24) is 10.6 Å². The summed E-state index contributed by atoms with van der Waals surface area (Å²) in [6.07, 6.45) is -1.73. The quantitative estimate of drug-likeness (QED) is 0.518. The molecule has 0 spiro atoms. The minimum Gasteiger partial charge on any atom is -0.444 e. The highest BCUT2D eigenvalue weighted by Crippen LogP contribution is 2.46. The Labute approximate surface area is 163 Å². The SMILES string of the molecule is CC(=O)N[C@H]1[C@H]2O[C@H]2[C@@H](C(C#N)(C#N)OC(C)=O)C[C@@H]1NC(=O)OC(C)(C)C. The van der Waals surface area contributed by atoms with E-state index in [1.807, 2.05) is 0 Å². The van der Waals surface area contributed by atoms with E-state index in [2.05, 4.69) is 10.6 Å². The highest BCUT2D eigenvalue weighted by molar-refractivity contribution is 5.74. The summed E-state index contributed by atoms with van der Waals surface area (Å²) >= 11 is 0. The molecule has 1 aliphatic carbocycles. The minimum atomic E-state index is -2.06. The summed E-state index contributed by atoms with van der Waals surface area (Å²) in [5.74, 6) is -1.90. The summed E-state index contributed by atoms with van der Waals surface area (Å²) in [5.41, 5.74) is -2.79. The van der Waals surface area contributed by atoms with Crippen LogP contribution in [0.4, 0.5) is 4.79 Å². The van der Waals surface area contributed by atoms with E-state index in [-0.39, 0.29) is 12.3 Å². The van der Waals surface area contributed by atoms with Crippen molar-refractivity contribution >= 4 is 18.0 Å². The predicted octanol–water partition coefficient (Wildman–Crippen LogP) is 0.521. The van der Waals surface area contributed by atoms with Crippen LogP contribution in [0, 0.1) is 28.6 Å². The van der Waals surface area contributed by atoms with Crippen LogP contribution in [-0.4, -0.2) is 53.5 Å². The van der Waals surface area contributed by atoms with E-state index in [1.165, 1.54) is 6.92 Å². The van der Waals surface area contributed by atoms with Crippen LogP contribution in [0.3, 0.4) is 0 Å². The maximum absolute atomic E-state index is 12.2. The van der Waals surface area contributed by atoms with E-state index in [9.17, 15) is 24.9 Å². The molecule has 0 aromatic carbocycles. The lowest BCUT2D eigenvalue weighted by atomic mass is 9.74. The summed E-state index contributed by atoms with van der Waals surface area (Å²) in [5, 5.41) is 24.5. The molecule has 0 radical (unpaired) electrons. The smallest absolute Gasteiger partial charge is 0.407 e. The summed E-state index contributed by atoms with van der Waals surface area (Å²) in [7, 11) is 0. The first kappa shape index (κ1) is 21.5. The van der Waals surface area contributed by atoms with Gasteiger partial charge in [0, 0.05) is 13.8 Å². The number of nitriles is 2. The first-order valence-corrected chi connectivity index (χ1v) is 8.86. The van der Waals surface area contributed by atoms with Gasteiger partial charge in [-0.3, -0.25) is 9.59 Å². The highest BCUT2D eigenvalue weighted by atomic mass is 16.6. The van der Waals surface area contributed by atoms with Crippen LogP contribution < -0.4 is 10.6 Å². The lowest BCUT2D eigenvalue weighted by Gasteiger charge is -2.37. The van der Waals surface area contributed by atoms with Crippen LogP contribution in [0.1, 0.15) is 41.0 Å². The Morgan fingerprint density at radius 3 is 2.11 bits per heavy atom. The topological polar surface area (TPSA) is 154 Å². The van der Waals surface area contributed by atoms with E-state index in [0.29, 0.717) is 0 Å². The number of epoxide rings is 1. The molecule has 0 aromatic heterocycles. The van der Waals surface area contributed by atoms with Crippen molar-refractivity contribution in [3.8, 4) is 12.1 Å². The number of carbonyl (C=O) groups is 3. The van der Waals surface area contributed by atoms with E-state index in [0.717, 1.165) is 6.92 Å². The fraction of sp³-hybridized carbons (Fsp3) is 0.722. The van der Waals surface area contributed by atoms with Crippen LogP contribution in [-0.2, 0) is 23.8 Å². The van der Waals surface area contributed by atoms with Crippen LogP contribution in [0.25, 0.3) is 0 Å². The molecule has 152 valence electrons. The van der Waals surface area contributed by atoms with Gasteiger partial charge in [-0.1, -0.05) is 0 Å². The van der Waals surface area contributed by atoms with Gasteiger partial charge in [0.05, 0.1) is 24.1 Å². The molecule has 2 aliphatic rings. The molecular weight excluding hydrogens is 368 g/mol. The summed E-state index contributed by atoms with van der Waals surface area (Å²) in [4.78, 5) is 35.3. The second kappa shape index (κ2) is 7.64. The molecular formula is C18H24N4O6. The van der Waals surface area contributed by atoms with Crippen molar-refractivity contribution in [2.24, 2.45) is 5.92 Å². The number of esters is 1. The largest absolute Gasteiger partial charge is 0.444 e. The molecule has 2 N–H and O–H groups in total. The van der Waals surface area contributed by atoms with Crippen molar-refractivity contribution in [1.29, 1.82) is 10.5 Å². The van der Waals surface area contributed by atoms with Gasteiger partial charge in [-0.25, -0.2) is 4.79 Å². The Morgan fingerprint density at radius 1 is 1.04 bits per heavy atom. The van der Waals surface area contributed by atoms with Gasteiger partial charge < -0.3 is 24.8 Å². The zero-order valence-corrected chi connectivity index (χ0v) is 16.4. The number of carbonyl (C=O) groups excluding carboxylic acids is 3. The Bertz CT molecular complexity index is 733. The fourth-order valence-corrected chi connectivity index (χ4v) is 3.49. The summed E-state index contributed by atoms with van der Waals surface area (Å²) in [6.45, 7) is 7.56. The van der Waals surface area contributed by atoms with E-state index in [1.54, 1.807) is 32.9 Å². The lowest BCUT2D eigenvalue weighted by Crippen LogP contribution is -2.61. The average molecular weight is 392 g/mol. The van der Waals surface area contributed by atoms with Gasteiger partial charge in [0.25, 0.3) is 5.60 Å². The van der Waals surface area contributed by atoms with Crippen molar-refractivity contribution < 1.29 is 28.6 Å². The third-order valence-corrected chi connectivity index (χ3v) is 4.48. The first-order valence-electron chi connectivity index (χ1n) is 8.86. The number of rotatable bonds is 4. The predicted molar refractivity (Wildman–Crippen MR) is 93.3 cm³/mol. The number of nitrogens with one attached hydrogen (secondary N) is 2. The fourth-order valence-electron chi connectivity index (χ4n) is 3.49. The Hall–Kier alpha value is -2.85. The molecule has 2 fully saturated rings. The van der Waals surface area contributed by atoms with Crippen molar-refractivity contribution in [3.05, 3.63) is 0 Å². The first-order chi connectivity index (χ1) is 12.9. The van der Waals surface area contributed by atoms with E-state index in [4.69, 9.17) is 14.2 Å². The van der Waals surface area contributed by atoms with Crippen molar-refractivity contribution in [2.75, 3.05) is 0 Å². The third-order valence-electron chi connectivity index (χ3n) is 4.48. The van der Waals surface area contributed by atoms with E-state index < -0.39 is 53.5 Å². The Morgan fingerprint density at radius 2 is 1.64 bits per heavy atom. The summed E-state index contributed by atoms with van der Waals surface area (Å²) in [6, 6.07) is 2.29. The molecule has 2 rings (SSSR count).